The normalized spacial score (nSPS) is 26.6. The van der Waals surface area contributed by atoms with Gasteiger partial charge in [-0.15, -0.1) is 0 Å². The van der Waals surface area contributed by atoms with Gasteiger partial charge in [0.2, 0.25) is 5.91 Å². The Morgan fingerprint density at radius 3 is 2.24 bits per heavy atom. The number of halogens is 3. The molecule has 0 spiro atoms. The fourth-order valence-electron chi connectivity index (χ4n) is 5.21. The van der Waals surface area contributed by atoms with Crippen molar-refractivity contribution in [2.45, 2.75) is 63.3 Å². The van der Waals surface area contributed by atoms with Crippen molar-refractivity contribution in [2.24, 2.45) is 11.7 Å². The number of alkyl halides is 3. The number of nitrogens with zero attached hydrogens (tertiary/aromatic N) is 2. The van der Waals surface area contributed by atoms with Crippen molar-refractivity contribution in [1.82, 2.24) is 9.80 Å². The highest BCUT2D eigenvalue weighted by Crippen LogP contribution is 2.39. The van der Waals surface area contributed by atoms with Crippen LogP contribution in [0.1, 0.15) is 64.8 Å². The van der Waals surface area contributed by atoms with Crippen LogP contribution in [-0.4, -0.2) is 53.0 Å². The highest BCUT2D eigenvalue weighted by Gasteiger charge is 2.43. The summed E-state index contributed by atoms with van der Waals surface area (Å²) in [7, 11) is 0. The molecule has 2 fully saturated rings. The Hall–Kier alpha value is -2.09. The standard InChI is InChI=1S/C21H26F3N3O2/c22-21(23,24)14-4-6-15(7-5-14)26-10-8-16(9-11-26)27-12-13-2-1-3-17(19(25)28)18(13)20(27)29/h1-3,14-16H,4-12H2,(H2,25,28)/t14-,15-. The molecule has 0 atom stereocenters. The molecule has 0 radical (unpaired) electrons. The van der Waals surface area contributed by atoms with Crippen molar-refractivity contribution in [3.63, 3.8) is 0 Å². The molecule has 3 aliphatic rings. The second-order valence-corrected chi connectivity index (χ2v) is 8.45. The van der Waals surface area contributed by atoms with E-state index in [-0.39, 0.29) is 36.4 Å². The predicted octanol–water partition coefficient (Wildman–Crippen LogP) is 3.33. The van der Waals surface area contributed by atoms with E-state index in [0.717, 1.165) is 31.5 Å². The molecule has 2 amide bonds. The molecule has 29 heavy (non-hydrogen) atoms. The van der Waals surface area contributed by atoms with Crippen LogP contribution in [0.5, 0.6) is 0 Å². The zero-order valence-corrected chi connectivity index (χ0v) is 16.3. The molecular formula is C21H26F3N3O2. The molecule has 1 aromatic carbocycles. The number of rotatable bonds is 3. The first-order chi connectivity index (χ1) is 13.8. The monoisotopic (exact) mass is 409 g/mol. The summed E-state index contributed by atoms with van der Waals surface area (Å²) in [6.45, 7) is 2.06. The highest BCUT2D eigenvalue weighted by atomic mass is 19.4. The smallest absolute Gasteiger partial charge is 0.366 e. The van der Waals surface area contributed by atoms with Crippen molar-refractivity contribution in [2.75, 3.05) is 13.1 Å². The third-order valence-electron chi connectivity index (χ3n) is 6.85. The van der Waals surface area contributed by atoms with Crippen LogP contribution in [0.2, 0.25) is 0 Å². The van der Waals surface area contributed by atoms with Gasteiger partial charge in [-0.1, -0.05) is 12.1 Å². The van der Waals surface area contributed by atoms with Gasteiger partial charge in [0.15, 0.2) is 0 Å². The lowest BCUT2D eigenvalue weighted by atomic mass is 9.84. The van der Waals surface area contributed by atoms with Crippen LogP contribution in [0.15, 0.2) is 18.2 Å². The van der Waals surface area contributed by atoms with E-state index < -0.39 is 18.0 Å². The van der Waals surface area contributed by atoms with Gasteiger partial charge in [0.05, 0.1) is 17.0 Å². The molecule has 2 N–H and O–H groups in total. The molecule has 8 heteroatoms. The van der Waals surface area contributed by atoms with Crippen LogP contribution >= 0.6 is 0 Å². The van der Waals surface area contributed by atoms with Gasteiger partial charge < -0.3 is 15.5 Å². The van der Waals surface area contributed by atoms with E-state index in [1.165, 1.54) is 0 Å². The van der Waals surface area contributed by atoms with Crippen LogP contribution in [-0.2, 0) is 6.54 Å². The first-order valence-electron chi connectivity index (χ1n) is 10.3. The summed E-state index contributed by atoms with van der Waals surface area (Å²) < 4.78 is 38.6. The van der Waals surface area contributed by atoms with E-state index in [9.17, 15) is 22.8 Å². The lowest BCUT2D eigenvalue weighted by Gasteiger charge is -2.42. The summed E-state index contributed by atoms with van der Waals surface area (Å²) in [5, 5.41) is 0. The number of benzene rings is 1. The molecule has 0 unspecified atom stereocenters. The van der Waals surface area contributed by atoms with E-state index in [1.54, 1.807) is 12.1 Å². The number of piperidine rings is 1. The summed E-state index contributed by atoms with van der Waals surface area (Å²) in [5.41, 5.74) is 6.95. The molecule has 0 aromatic heterocycles. The van der Waals surface area contributed by atoms with Gasteiger partial charge in [0, 0.05) is 31.7 Å². The third kappa shape index (κ3) is 3.86. The average Bonchev–Trinajstić information content (AvgIpc) is 3.04. The van der Waals surface area contributed by atoms with Gasteiger partial charge in [-0.25, -0.2) is 0 Å². The van der Waals surface area contributed by atoms with Crippen LogP contribution in [0, 0.1) is 5.92 Å². The maximum Gasteiger partial charge on any atom is 0.391 e. The number of likely N-dealkylation sites (tertiary alicyclic amines) is 1. The number of amides is 2. The number of hydrogen-bond acceptors (Lipinski definition) is 3. The van der Waals surface area contributed by atoms with E-state index in [4.69, 9.17) is 5.73 Å². The molecule has 0 bridgehead atoms. The average molecular weight is 409 g/mol. The minimum atomic E-state index is -4.08. The molecule has 158 valence electrons. The second-order valence-electron chi connectivity index (χ2n) is 8.45. The summed E-state index contributed by atoms with van der Waals surface area (Å²) in [4.78, 5) is 28.7. The number of nitrogens with two attached hydrogens (primary N) is 1. The molecule has 1 saturated carbocycles. The van der Waals surface area contributed by atoms with Crippen molar-refractivity contribution >= 4 is 11.8 Å². The van der Waals surface area contributed by atoms with E-state index in [2.05, 4.69) is 4.90 Å². The van der Waals surface area contributed by atoms with E-state index in [1.807, 2.05) is 11.0 Å². The minimum absolute atomic E-state index is 0.0818. The lowest BCUT2D eigenvalue weighted by Crippen LogP contribution is -2.49. The predicted molar refractivity (Wildman–Crippen MR) is 101 cm³/mol. The fourth-order valence-corrected chi connectivity index (χ4v) is 5.21. The van der Waals surface area contributed by atoms with Gasteiger partial charge >= 0.3 is 6.18 Å². The van der Waals surface area contributed by atoms with Crippen molar-refractivity contribution in [1.29, 1.82) is 0 Å². The molecule has 1 aliphatic carbocycles. The molecule has 1 aromatic rings. The van der Waals surface area contributed by atoms with E-state index in [0.29, 0.717) is 24.9 Å². The number of hydrogen-bond donors (Lipinski definition) is 1. The summed E-state index contributed by atoms with van der Waals surface area (Å²) in [6.07, 6.45) is -0.883. The zero-order chi connectivity index (χ0) is 20.8. The number of carbonyl (C=O) groups excluding carboxylic acids is 2. The van der Waals surface area contributed by atoms with Gasteiger partial charge in [0.1, 0.15) is 0 Å². The zero-order valence-electron chi connectivity index (χ0n) is 16.3. The van der Waals surface area contributed by atoms with Crippen LogP contribution in [0.4, 0.5) is 13.2 Å². The third-order valence-corrected chi connectivity index (χ3v) is 6.85. The van der Waals surface area contributed by atoms with E-state index >= 15 is 0 Å². The largest absolute Gasteiger partial charge is 0.391 e. The fraction of sp³-hybridized carbons (Fsp3) is 0.619. The quantitative estimate of drug-likeness (QED) is 0.833. The summed E-state index contributed by atoms with van der Waals surface area (Å²) >= 11 is 0. The van der Waals surface area contributed by atoms with Gasteiger partial charge in [-0.05, 0) is 50.2 Å². The van der Waals surface area contributed by atoms with Gasteiger partial charge in [0.25, 0.3) is 5.91 Å². The Labute approximate surface area is 168 Å². The van der Waals surface area contributed by atoms with Gasteiger partial charge in [-0.2, -0.15) is 13.2 Å². The highest BCUT2D eigenvalue weighted by molar-refractivity contribution is 6.09. The molecular weight excluding hydrogens is 383 g/mol. The first kappa shape index (κ1) is 20.2. The van der Waals surface area contributed by atoms with Crippen molar-refractivity contribution in [3.05, 3.63) is 34.9 Å². The Morgan fingerprint density at radius 1 is 1.00 bits per heavy atom. The number of carbonyl (C=O) groups is 2. The Kier molecular flexibility index (Phi) is 5.31. The number of primary amides is 1. The van der Waals surface area contributed by atoms with Crippen LogP contribution in [0.3, 0.4) is 0 Å². The first-order valence-corrected chi connectivity index (χ1v) is 10.3. The Balaban J connectivity index is 1.35. The molecule has 5 nitrogen and oxygen atoms in total. The summed E-state index contributed by atoms with van der Waals surface area (Å²) in [5.74, 6) is -1.89. The van der Waals surface area contributed by atoms with Crippen LogP contribution in [0.25, 0.3) is 0 Å². The minimum Gasteiger partial charge on any atom is -0.366 e. The van der Waals surface area contributed by atoms with Crippen molar-refractivity contribution < 1.29 is 22.8 Å². The van der Waals surface area contributed by atoms with Crippen molar-refractivity contribution in [3.8, 4) is 0 Å². The SMILES string of the molecule is NC(=O)c1cccc2c1C(=O)N(C1CCN([C@H]3CC[C@H](C(F)(F)F)CC3)CC1)C2. The molecule has 1 saturated heterocycles. The Morgan fingerprint density at radius 2 is 1.66 bits per heavy atom. The lowest BCUT2D eigenvalue weighted by molar-refractivity contribution is -0.184. The maximum absolute atomic E-state index is 12.9. The second kappa shape index (κ2) is 7.63. The van der Waals surface area contributed by atoms with Gasteiger partial charge in [-0.3, -0.25) is 9.59 Å². The maximum atomic E-state index is 12.9. The molecule has 4 rings (SSSR count). The number of fused-ring (bicyclic) bond motifs is 1. The molecule has 2 heterocycles. The van der Waals surface area contributed by atoms with Crippen LogP contribution < -0.4 is 5.73 Å². The topological polar surface area (TPSA) is 66.6 Å². The summed E-state index contributed by atoms with van der Waals surface area (Å²) in [6, 6.07) is 5.48. The Bertz CT molecular complexity index is 795. The molecule has 2 aliphatic heterocycles.